The summed E-state index contributed by atoms with van der Waals surface area (Å²) in [6, 6.07) is 7.08. The van der Waals surface area contributed by atoms with Crippen molar-refractivity contribution in [1.29, 1.82) is 5.26 Å². The Balaban J connectivity index is 1.75. The minimum atomic E-state index is -1.18. The number of hydrogen-bond acceptors (Lipinski definition) is 6. The average Bonchev–Trinajstić information content (AvgIpc) is 3.48. The van der Waals surface area contributed by atoms with Crippen molar-refractivity contribution in [1.82, 2.24) is 9.63 Å². The zero-order valence-corrected chi connectivity index (χ0v) is 18.1. The number of pyridine rings is 1. The van der Waals surface area contributed by atoms with Gasteiger partial charge in [0.2, 0.25) is 5.88 Å². The largest absolute Gasteiger partial charge is 0.620 e. The number of carbonyl (C=O) groups excluding carboxylic acids is 1. The number of nitrogens with one attached hydrogen (secondary N) is 1. The van der Waals surface area contributed by atoms with Gasteiger partial charge in [0.15, 0.2) is 0 Å². The molecule has 31 heavy (non-hydrogen) atoms. The summed E-state index contributed by atoms with van der Waals surface area (Å²) in [6.07, 6.45) is 4.02. The predicted molar refractivity (Wildman–Crippen MR) is 117 cm³/mol. The lowest BCUT2D eigenvalue weighted by atomic mass is 9.76. The number of nitriles is 1. The molecule has 1 unspecified atom stereocenters. The molecule has 1 aliphatic carbocycles. The van der Waals surface area contributed by atoms with Gasteiger partial charge in [-0.2, -0.15) is 5.26 Å². The molecule has 5 rings (SSSR count). The first-order valence-corrected chi connectivity index (χ1v) is 10.4. The Morgan fingerprint density at radius 3 is 2.81 bits per heavy atom. The van der Waals surface area contributed by atoms with Crippen LogP contribution in [0.3, 0.4) is 0 Å². The van der Waals surface area contributed by atoms with Gasteiger partial charge in [0.05, 0.1) is 48.0 Å². The number of fused-ring (bicyclic) bond motifs is 5. The molecule has 158 valence electrons. The quantitative estimate of drug-likeness (QED) is 0.593. The van der Waals surface area contributed by atoms with Crippen LogP contribution in [-0.4, -0.2) is 24.5 Å². The highest BCUT2D eigenvalue weighted by atomic mass is 16.6. The SMILES string of the molecule is CC1=C2C(=O)[N+](C)([O-])c3cc(C#N)ccc3[C@@H]2c2c(OCC3(C)CC3)ncc(C)c2N1. The Labute approximate surface area is 181 Å². The molecule has 2 aliphatic heterocycles. The number of nitrogens with zero attached hydrogens (tertiary/aromatic N) is 3. The molecule has 0 saturated heterocycles. The molecule has 1 aromatic heterocycles. The van der Waals surface area contributed by atoms with E-state index in [0.717, 1.165) is 29.7 Å². The third-order valence-corrected chi connectivity index (χ3v) is 6.77. The molecule has 3 heterocycles. The second-order valence-corrected chi connectivity index (χ2v) is 9.35. The summed E-state index contributed by atoms with van der Waals surface area (Å²) in [5.74, 6) is -0.521. The summed E-state index contributed by atoms with van der Waals surface area (Å²) >= 11 is 0. The monoisotopic (exact) mass is 416 g/mol. The van der Waals surface area contributed by atoms with E-state index in [1.807, 2.05) is 13.8 Å². The number of amides is 1. The Kier molecular flexibility index (Phi) is 4.07. The fourth-order valence-corrected chi connectivity index (χ4v) is 4.53. The number of aryl methyl sites for hydroxylation is 1. The first-order valence-electron chi connectivity index (χ1n) is 10.4. The molecule has 1 N–H and O–H groups in total. The number of carbonyl (C=O) groups is 1. The zero-order chi connectivity index (χ0) is 22.1. The van der Waals surface area contributed by atoms with Gasteiger partial charge in [0, 0.05) is 28.9 Å². The van der Waals surface area contributed by atoms with E-state index in [4.69, 9.17) is 4.74 Å². The number of rotatable bonds is 3. The Hall–Kier alpha value is -3.21. The first kappa shape index (κ1) is 19.7. The lowest BCUT2D eigenvalue weighted by molar-refractivity contribution is -0.123. The van der Waals surface area contributed by atoms with Gasteiger partial charge in [0.25, 0.3) is 0 Å². The lowest BCUT2D eigenvalue weighted by Crippen LogP contribution is -2.51. The molecule has 3 aliphatic rings. The summed E-state index contributed by atoms with van der Waals surface area (Å²) in [6.45, 7) is 6.53. The molecule has 7 heteroatoms. The van der Waals surface area contributed by atoms with Crippen LogP contribution in [-0.2, 0) is 4.79 Å². The third kappa shape index (κ3) is 2.87. The highest BCUT2D eigenvalue weighted by molar-refractivity contribution is 6.09. The van der Waals surface area contributed by atoms with E-state index >= 15 is 0 Å². The average molecular weight is 416 g/mol. The van der Waals surface area contributed by atoms with E-state index in [0.29, 0.717) is 40.6 Å². The molecule has 1 fully saturated rings. The van der Waals surface area contributed by atoms with E-state index in [1.54, 1.807) is 18.3 Å². The van der Waals surface area contributed by atoms with Crippen LogP contribution < -0.4 is 14.7 Å². The van der Waals surface area contributed by atoms with Gasteiger partial charge >= 0.3 is 5.91 Å². The summed E-state index contributed by atoms with van der Waals surface area (Å²) in [5.41, 5.74) is 5.19. The predicted octanol–water partition coefficient (Wildman–Crippen LogP) is 4.25. The molecular formula is C24H24N4O3. The first-order chi connectivity index (χ1) is 14.7. The van der Waals surface area contributed by atoms with E-state index < -0.39 is 16.5 Å². The van der Waals surface area contributed by atoms with Gasteiger partial charge < -0.3 is 15.3 Å². The van der Waals surface area contributed by atoms with Gasteiger partial charge in [-0.1, -0.05) is 13.0 Å². The number of ether oxygens (including phenoxy) is 1. The second kappa shape index (κ2) is 6.39. The van der Waals surface area contributed by atoms with Crippen LogP contribution in [0.25, 0.3) is 0 Å². The van der Waals surface area contributed by atoms with Crippen LogP contribution in [0.2, 0.25) is 0 Å². The molecule has 2 aromatic rings. The minimum Gasteiger partial charge on any atom is -0.620 e. The molecule has 0 radical (unpaired) electrons. The van der Waals surface area contributed by atoms with Gasteiger partial charge in [-0.15, -0.1) is 0 Å². The number of hydrogen-bond donors (Lipinski definition) is 1. The maximum absolute atomic E-state index is 13.4. The second-order valence-electron chi connectivity index (χ2n) is 9.35. The van der Waals surface area contributed by atoms with Crippen molar-refractivity contribution < 1.29 is 9.53 Å². The molecule has 0 bridgehead atoms. The number of aromatic nitrogens is 1. The summed E-state index contributed by atoms with van der Waals surface area (Å²) in [7, 11) is 1.33. The fraction of sp³-hybridized carbons (Fsp3) is 0.375. The number of likely N-dealkylation sites (N-methyl/N-ethyl adjacent to an activating group) is 1. The Bertz CT molecular complexity index is 1220. The van der Waals surface area contributed by atoms with E-state index in [2.05, 4.69) is 23.3 Å². The van der Waals surface area contributed by atoms with Crippen molar-refractivity contribution in [3.63, 3.8) is 0 Å². The van der Waals surface area contributed by atoms with Crippen molar-refractivity contribution in [3.05, 3.63) is 63.1 Å². The maximum Gasteiger partial charge on any atom is 0.349 e. The molecular weight excluding hydrogens is 392 g/mol. The molecule has 0 spiro atoms. The van der Waals surface area contributed by atoms with Gasteiger partial charge in [-0.3, -0.25) is 4.65 Å². The zero-order valence-electron chi connectivity index (χ0n) is 18.1. The standard InChI is InChI=1S/C24H24N4O3/c1-13-11-26-22(31-12-24(3)7-8-24)20-19-16-6-5-15(10-25)9-17(16)28(4,30)23(29)18(19)14(2)27-21(13)20/h5-6,9,11,19,27H,7-8,12H2,1-4H3/t19-,28?/m0/s1. The van der Waals surface area contributed by atoms with E-state index in [9.17, 15) is 15.3 Å². The number of anilines is 1. The highest BCUT2D eigenvalue weighted by Gasteiger charge is 2.49. The van der Waals surface area contributed by atoms with Crippen molar-refractivity contribution >= 4 is 17.3 Å². The normalized spacial score (nSPS) is 25.0. The van der Waals surface area contributed by atoms with Crippen LogP contribution in [0.4, 0.5) is 11.4 Å². The van der Waals surface area contributed by atoms with Crippen molar-refractivity contribution in [2.24, 2.45) is 5.41 Å². The Morgan fingerprint density at radius 1 is 1.39 bits per heavy atom. The molecule has 1 saturated carbocycles. The van der Waals surface area contributed by atoms with Gasteiger partial charge in [-0.25, -0.2) is 9.78 Å². The van der Waals surface area contributed by atoms with Crippen LogP contribution in [0.1, 0.15) is 54.9 Å². The summed E-state index contributed by atoms with van der Waals surface area (Å²) in [4.78, 5) is 18.0. The van der Waals surface area contributed by atoms with Gasteiger partial charge in [0.1, 0.15) is 5.69 Å². The minimum absolute atomic E-state index is 0.169. The molecule has 1 aromatic carbocycles. The van der Waals surface area contributed by atoms with Crippen molar-refractivity contribution in [3.8, 4) is 11.9 Å². The Morgan fingerprint density at radius 2 is 2.13 bits per heavy atom. The van der Waals surface area contributed by atoms with Crippen LogP contribution in [0, 0.1) is 28.9 Å². The molecule has 1 amide bonds. The number of benzene rings is 1. The highest BCUT2D eigenvalue weighted by Crippen LogP contribution is 2.54. The molecule has 7 nitrogen and oxygen atoms in total. The van der Waals surface area contributed by atoms with Crippen LogP contribution in [0.5, 0.6) is 5.88 Å². The summed E-state index contributed by atoms with van der Waals surface area (Å²) in [5, 5.41) is 26.1. The van der Waals surface area contributed by atoms with Crippen LogP contribution in [0.15, 0.2) is 35.7 Å². The maximum atomic E-state index is 13.4. The molecule has 2 atom stereocenters. The van der Waals surface area contributed by atoms with E-state index in [-0.39, 0.29) is 5.41 Å². The van der Waals surface area contributed by atoms with E-state index in [1.165, 1.54) is 13.1 Å². The topological polar surface area (TPSA) is 98.1 Å². The number of quaternary nitrogens is 1. The van der Waals surface area contributed by atoms with Crippen molar-refractivity contribution in [2.75, 3.05) is 19.0 Å². The smallest absolute Gasteiger partial charge is 0.349 e. The van der Waals surface area contributed by atoms with Crippen LogP contribution >= 0.6 is 0 Å². The summed E-state index contributed by atoms with van der Waals surface area (Å²) < 4.78 is 5.02. The number of hydroxylamine groups is 2. The number of allylic oxidation sites excluding steroid dienone is 1. The van der Waals surface area contributed by atoms with Crippen molar-refractivity contribution in [2.45, 2.75) is 39.5 Å². The lowest BCUT2D eigenvalue weighted by Gasteiger charge is -2.45. The fourth-order valence-electron chi connectivity index (χ4n) is 4.53. The van der Waals surface area contributed by atoms with Gasteiger partial charge in [-0.05, 0) is 38.3 Å². The third-order valence-electron chi connectivity index (χ3n) is 6.77.